The van der Waals surface area contributed by atoms with Crippen LogP contribution in [0.4, 0.5) is 0 Å². The van der Waals surface area contributed by atoms with Crippen LogP contribution in [0.1, 0.15) is 58.7 Å². The van der Waals surface area contributed by atoms with E-state index in [-0.39, 0.29) is 11.8 Å². The fraction of sp³-hybridized carbons (Fsp3) is 0.364. The summed E-state index contributed by atoms with van der Waals surface area (Å²) in [5.41, 5.74) is 5.61. The Kier molecular flexibility index (Phi) is 5.22. The van der Waals surface area contributed by atoms with E-state index >= 15 is 0 Å². The summed E-state index contributed by atoms with van der Waals surface area (Å²) in [4.78, 5) is 17.3. The molecule has 3 aromatic rings. The van der Waals surface area contributed by atoms with Crippen LogP contribution in [0.25, 0.3) is 11.3 Å². The zero-order valence-corrected chi connectivity index (χ0v) is 16.9. The van der Waals surface area contributed by atoms with Gasteiger partial charge in [0.25, 0.3) is 5.91 Å². The number of nitrogens with one attached hydrogen (secondary N) is 1. The lowest BCUT2D eigenvalue weighted by molar-refractivity contribution is 0.0945. The Bertz CT molecular complexity index is 980. The number of aryl methyl sites for hydroxylation is 2. The molecule has 1 N–H and O–H groups in total. The van der Waals surface area contributed by atoms with Crippen molar-refractivity contribution in [2.45, 2.75) is 47.1 Å². The molecule has 0 bridgehead atoms. The predicted octanol–water partition coefficient (Wildman–Crippen LogP) is 4.66. The minimum absolute atomic E-state index is 0.178. The van der Waals surface area contributed by atoms with Crippen LogP contribution in [0, 0.1) is 20.8 Å². The van der Waals surface area contributed by atoms with Gasteiger partial charge < -0.3 is 14.3 Å². The van der Waals surface area contributed by atoms with Gasteiger partial charge in [0.1, 0.15) is 17.2 Å². The van der Waals surface area contributed by atoms with E-state index in [1.807, 2.05) is 32.2 Å². The molecule has 3 heterocycles. The molecule has 0 spiro atoms. The fourth-order valence-corrected chi connectivity index (χ4v) is 3.07. The van der Waals surface area contributed by atoms with E-state index in [1.54, 1.807) is 6.07 Å². The van der Waals surface area contributed by atoms with Crippen LogP contribution in [-0.4, -0.2) is 15.5 Å². The molecule has 0 radical (unpaired) electrons. The molecule has 5 heteroatoms. The van der Waals surface area contributed by atoms with Gasteiger partial charge in [0.05, 0.1) is 0 Å². The summed E-state index contributed by atoms with van der Waals surface area (Å²) in [5, 5.41) is 3.00. The van der Waals surface area contributed by atoms with Crippen molar-refractivity contribution in [1.29, 1.82) is 0 Å². The molecule has 0 atom stereocenters. The second kappa shape index (κ2) is 7.43. The van der Waals surface area contributed by atoms with Crippen molar-refractivity contribution in [3.05, 3.63) is 64.4 Å². The summed E-state index contributed by atoms with van der Waals surface area (Å²) >= 11 is 0. The second-order valence-electron chi connectivity index (χ2n) is 7.37. The highest BCUT2D eigenvalue weighted by Gasteiger charge is 2.15. The van der Waals surface area contributed by atoms with Crippen molar-refractivity contribution < 1.29 is 9.21 Å². The number of hydrogen-bond donors (Lipinski definition) is 1. The van der Waals surface area contributed by atoms with Gasteiger partial charge in [0.2, 0.25) is 0 Å². The summed E-state index contributed by atoms with van der Waals surface area (Å²) in [6.07, 6.45) is 0. The summed E-state index contributed by atoms with van der Waals surface area (Å²) in [6, 6.07) is 9.73. The topological polar surface area (TPSA) is 60.1 Å². The number of rotatable bonds is 5. The van der Waals surface area contributed by atoms with E-state index in [2.05, 4.69) is 48.6 Å². The van der Waals surface area contributed by atoms with Gasteiger partial charge in [0.15, 0.2) is 0 Å². The van der Waals surface area contributed by atoms with E-state index < -0.39 is 0 Å². The van der Waals surface area contributed by atoms with Gasteiger partial charge in [-0.05, 0) is 62.6 Å². The normalized spacial score (nSPS) is 11.2. The number of amides is 1. The molecule has 3 rings (SSSR count). The Labute approximate surface area is 160 Å². The minimum atomic E-state index is -0.178. The molecule has 27 heavy (non-hydrogen) atoms. The van der Waals surface area contributed by atoms with Crippen LogP contribution in [0.2, 0.25) is 0 Å². The highest BCUT2D eigenvalue weighted by Crippen LogP contribution is 2.26. The molecule has 0 saturated heterocycles. The van der Waals surface area contributed by atoms with Crippen molar-refractivity contribution in [1.82, 2.24) is 14.9 Å². The maximum Gasteiger partial charge on any atom is 0.270 e. The monoisotopic (exact) mass is 365 g/mol. The number of furan rings is 1. The second-order valence-corrected chi connectivity index (χ2v) is 7.37. The van der Waals surface area contributed by atoms with Gasteiger partial charge >= 0.3 is 0 Å². The highest BCUT2D eigenvalue weighted by atomic mass is 16.3. The van der Waals surface area contributed by atoms with Gasteiger partial charge in [-0.1, -0.05) is 13.8 Å². The van der Waals surface area contributed by atoms with E-state index in [1.165, 1.54) is 5.69 Å². The van der Waals surface area contributed by atoms with Crippen molar-refractivity contribution in [3.63, 3.8) is 0 Å². The smallest absolute Gasteiger partial charge is 0.270 e. The molecule has 0 aliphatic carbocycles. The molecular weight excluding hydrogens is 338 g/mol. The Hall–Kier alpha value is -2.82. The van der Waals surface area contributed by atoms with E-state index in [0.717, 1.165) is 34.0 Å². The first kappa shape index (κ1) is 19.0. The lowest BCUT2D eigenvalue weighted by atomic mass is 10.0. The van der Waals surface area contributed by atoms with Crippen LogP contribution in [0.15, 0.2) is 34.7 Å². The Morgan fingerprint density at radius 3 is 2.48 bits per heavy atom. The van der Waals surface area contributed by atoms with Crippen LogP contribution in [-0.2, 0) is 13.6 Å². The van der Waals surface area contributed by atoms with Gasteiger partial charge in [-0.15, -0.1) is 0 Å². The molecule has 0 aromatic carbocycles. The molecule has 0 fully saturated rings. The maximum absolute atomic E-state index is 12.8. The molecule has 0 aliphatic rings. The summed E-state index contributed by atoms with van der Waals surface area (Å²) < 4.78 is 7.86. The van der Waals surface area contributed by atoms with Gasteiger partial charge in [0, 0.05) is 36.2 Å². The Morgan fingerprint density at radius 1 is 1.19 bits per heavy atom. The predicted molar refractivity (Wildman–Crippen MR) is 107 cm³/mol. The van der Waals surface area contributed by atoms with E-state index in [4.69, 9.17) is 4.42 Å². The number of pyridine rings is 1. The molecule has 0 aliphatic heterocycles. The summed E-state index contributed by atoms with van der Waals surface area (Å²) in [5.74, 6) is 1.63. The Morgan fingerprint density at radius 2 is 1.93 bits per heavy atom. The fourth-order valence-electron chi connectivity index (χ4n) is 3.07. The summed E-state index contributed by atoms with van der Waals surface area (Å²) in [6.45, 7) is 10.6. The van der Waals surface area contributed by atoms with Crippen LogP contribution in [0.3, 0.4) is 0 Å². The third-order valence-corrected chi connectivity index (χ3v) is 5.01. The SMILES string of the molecule is Cc1ccc(-c2cc(C(=O)NCc3cc(C)n(C)c3C)nc(C(C)C)c2)o1. The lowest BCUT2D eigenvalue weighted by Gasteiger charge is -2.11. The number of carbonyl (C=O) groups excluding carboxylic acids is 1. The molecule has 3 aromatic heterocycles. The van der Waals surface area contributed by atoms with E-state index in [0.29, 0.717) is 12.2 Å². The molecule has 0 saturated carbocycles. The van der Waals surface area contributed by atoms with Gasteiger partial charge in [-0.2, -0.15) is 0 Å². The minimum Gasteiger partial charge on any atom is -0.461 e. The maximum atomic E-state index is 12.8. The van der Waals surface area contributed by atoms with Crippen molar-refractivity contribution in [2.24, 2.45) is 7.05 Å². The molecule has 5 nitrogen and oxygen atoms in total. The first-order chi connectivity index (χ1) is 12.8. The van der Waals surface area contributed by atoms with Gasteiger partial charge in [-0.25, -0.2) is 4.98 Å². The Balaban J connectivity index is 1.87. The number of aromatic nitrogens is 2. The zero-order chi connectivity index (χ0) is 19.7. The standard InChI is InChI=1S/C22H27N3O2/c1-13(2)19-10-17(21-8-7-15(4)27-21)11-20(24-19)22(26)23-12-18-9-14(3)25(6)16(18)5/h7-11,13H,12H2,1-6H3,(H,23,26). The third-order valence-electron chi connectivity index (χ3n) is 5.01. The largest absolute Gasteiger partial charge is 0.461 e. The third kappa shape index (κ3) is 3.97. The van der Waals surface area contributed by atoms with Crippen molar-refractivity contribution in [3.8, 4) is 11.3 Å². The first-order valence-electron chi connectivity index (χ1n) is 9.25. The van der Waals surface area contributed by atoms with Gasteiger partial charge in [-0.3, -0.25) is 4.79 Å². The zero-order valence-electron chi connectivity index (χ0n) is 16.9. The van der Waals surface area contributed by atoms with Crippen LogP contribution in [0.5, 0.6) is 0 Å². The number of nitrogens with zero attached hydrogens (tertiary/aromatic N) is 2. The molecule has 0 unspecified atom stereocenters. The average Bonchev–Trinajstić information content (AvgIpc) is 3.18. The highest BCUT2D eigenvalue weighted by molar-refractivity contribution is 5.93. The molecule has 1 amide bonds. The molecular formula is C22H27N3O2. The molecule has 142 valence electrons. The van der Waals surface area contributed by atoms with Crippen molar-refractivity contribution in [2.75, 3.05) is 0 Å². The quantitative estimate of drug-likeness (QED) is 0.715. The lowest BCUT2D eigenvalue weighted by Crippen LogP contribution is -2.24. The van der Waals surface area contributed by atoms with Crippen LogP contribution >= 0.6 is 0 Å². The number of hydrogen-bond acceptors (Lipinski definition) is 3. The first-order valence-corrected chi connectivity index (χ1v) is 9.25. The van der Waals surface area contributed by atoms with Crippen molar-refractivity contribution >= 4 is 5.91 Å². The van der Waals surface area contributed by atoms with E-state index in [9.17, 15) is 4.79 Å². The average molecular weight is 365 g/mol. The summed E-state index contributed by atoms with van der Waals surface area (Å²) in [7, 11) is 2.03. The van der Waals surface area contributed by atoms with Crippen LogP contribution < -0.4 is 5.32 Å². The number of carbonyl (C=O) groups is 1.